The Kier molecular flexibility index (Phi) is 22.6. The Morgan fingerprint density at radius 3 is 1.61 bits per heavy atom. The minimum atomic E-state index is -3.67. The van der Waals surface area contributed by atoms with Crippen molar-refractivity contribution in [2.45, 2.75) is 178 Å². The number of aryl methyl sites for hydroxylation is 1. The predicted octanol–water partition coefficient (Wildman–Crippen LogP) is 4.92. The van der Waals surface area contributed by atoms with Crippen LogP contribution >= 0.6 is 0 Å². The summed E-state index contributed by atoms with van der Waals surface area (Å²) in [6.45, 7) is 24.5. The third-order valence-corrected chi connectivity index (χ3v) is 12.1. The van der Waals surface area contributed by atoms with E-state index in [0.29, 0.717) is 19.6 Å². The van der Waals surface area contributed by atoms with E-state index in [4.69, 9.17) is 38.7 Å². The first-order valence-corrected chi connectivity index (χ1v) is 24.0. The van der Waals surface area contributed by atoms with Gasteiger partial charge in [-0.3, -0.25) is 8.57 Å². The van der Waals surface area contributed by atoms with Crippen molar-refractivity contribution in [2.75, 3.05) is 33.6 Å². The first-order chi connectivity index (χ1) is 30.9. The van der Waals surface area contributed by atoms with Crippen molar-refractivity contribution in [2.24, 2.45) is 0 Å². The number of halogens is 1. The SMILES string of the molecule is CC(C)(C)OCCO[C@H]1C[C@@H](NCc2ccccc2)[C@@H]2OC(C)(C)O[C@@H]21.CC1(C)O[C@@H]2[C@H](O1)[C@@H](O)C[C@H]2NCc1ccccc1.Cc1ccc(S(=O)(=O)OCCOC(C)(C)C)cc1.[2H]CF.[H-].[Na+]. The van der Waals surface area contributed by atoms with Crippen molar-refractivity contribution in [1.82, 2.24) is 10.6 Å². The summed E-state index contributed by atoms with van der Waals surface area (Å²) in [6, 6.07) is 27.6. The van der Waals surface area contributed by atoms with Crippen LogP contribution in [0, 0.1) is 6.92 Å². The number of alkyl halides is 1. The summed E-state index contributed by atoms with van der Waals surface area (Å²) in [7, 11) is -4.67. The molecule has 66 heavy (non-hydrogen) atoms. The third kappa shape index (κ3) is 19.5. The van der Waals surface area contributed by atoms with Crippen molar-refractivity contribution in [1.29, 1.82) is 0 Å². The van der Waals surface area contributed by atoms with Crippen LogP contribution in [0.25, 0.3) is 0 Å². The van der Waals surface area contributed by atoms with Crippen LogP contribution < -0.4 is 40.2 Å². The van der Waals surface area contributed by atoms with Crippen molar-refractivity contribution >= 4 is 10.1 Å². The summed E-state index contributed by atoms with van der Waals surface area (Å²) in [5.74, 6) is -1.16. The van der Waals surface area contributed by atoms with E-state index in [-0.39, 0.29) is 103 Å². The van der Waals surface area contributed by atoms with Gasteiger partial charge in [0, 0.05) is 25.2 Å². The number of hydrogen-bond donors (Lipinski definition) is 3. The molecule has 0 amide bonds. The van der Waals surface area contributed by atoms with Crippen molar-refractivity contribution in [3.63, 3.8) is 0 Å². The van der Waals surface area contributed by atoms with Gasteiger partial charge < -0.3 is 50.3 Å². The molecule has 4 fully saturated rings. The molecule has 8 atom stereocenters. The number of benzene rings is 3. The van der Waals surface area contributed by atoms with E-state index in [1.54, 1.807) is 12.1 Å². The smallest absolute Gasteiger partial charge is 1.00 e. The topological polar surface area (TPSA) is 152 Å². The van der Waals surface area contributed by atoms with E-state index in [2.05, 4.69) is 67.8 Å². The van der Waals surface area contributed by atoms with Gasteiger partial charge in [0.15, 0.2) is 11.6 Å². The standard InChI is InChI=1S/C21H33NO4.C15H21NO3.C13H20O4S.CH3F.Na.H/c1-20(2,3)24-12-11-23-17-13-16(18-19(17)26-21(4,5)25-18)22-14-15-9-7-6-8-10-15;1-15(2)18-13-11(8-12(17)14(13)19-15)16-9-10-6-4-3-5-7-10;1-11-5-7-12(8-6-11)18(14,15)17-10-9-16-13(2,3)4;1-2;;/h6-10,16-19,22H,11-14H2,1-5H3;3-7,11-14,16-17H,8-9H2,1-2H3;5-8H,9-10H2,1-4H3;1H3;;/q;;;;+1;-1/t16-,17+,18+,19-;11-,12+,13+,14-;;;;/m11..../s1/i;;;1D;;. The molecular weight excluding hydrogens is 879 g/mol. The Bertz CT molecular complexity index is 1960. The minimum absolute atomic E-state index is 0. The summed E-state index contributed by atoms with van der Waals surface area (Å²) < 4.78 is 85.2. The van der Waals surface area contributed by atoms with E-state index in [0.717, 1.165) is 25.1 Å². The molecule has 368 valence electrons. The Hall–Kier alpha value is -1.90. The molecule has 2 aliphatic carbocycles. The van der Waals surface area contributed by atoms with Gasteiger partial charge in [-0.25, -0.2) is 0 Å². The molecule has 0 spiro atoms. The van der Waals surface area contributed by atoms with E-state index >= 15 is 0 Å². The number of fused-ring (bicyclic) bond motifs is 2. The Labute approximate surface area is 419 Å². The van der Waals surface area contributed by atoms with Crippen LogP contribution in [0.3, 0.4) is 0 Å². The van der Waals surface area contributed by atoms with Crippen molar-refractivity contribution < 1.29 is 87.6 Å². The molecule has 0 unspecified atom stereocenters. The van der Waals surface area contributed by atoms with Gasteiger partial charge in [-0.05, 0) is 112 Å². The second kappa shape index (κ2) is 26.3. The molecule has 13 nitrogen and oxygen atoms in total. The normalized spacial score (nSPS) is 26.2. The quantitative estimate of drug-likeness (QED) is 0.108. The van der Waals surface area contributed by atoms with E-state index < -0.39 is 34.9 Å². The summed E-state index contributed by atoms with van der Waals surface area (Å²) in [5.41, 5.74) is 3.07. The van der Waals surface area contributed by atoms with Gasteiger partial charge in [-0.2, -0.15) is 8.42 Å². The van der Waals surface area contributed by atoms with E-state index in [9.17, 15) is 17.9 Å². The van der Waals surface area contributed by atoms with Gasteiger partial charge in [0.25, 0.3) is 10.1 Å². The maximum atomic E-state index is 11.8. The second-order valence-electron chi connectivity index (χ2n) is 19.5. The fourth-order valence-corrected chi connectivity index (χ4v) is 8.85. The molecule has 3 aromatic carbocycles. The fourth-order valence-electron chi connectivity index (χ4n) is 7.95. The van der Waals surface area contributed by atoms with Crippen LogP contribution in [0.4, 0.5) is 4.39 Å². The van der Waals surface area contributed by atoms with Crippen LogP contribution in [-0.2, 0) is 60.5 Å². The molecule has 2 saturated heterocycles. The fraction of sp³-hybridized carbons (Fsp3) is 0.640. The predicted molar refractivity (Wildman–Crippen MR) is 251 cm³/mol. The average Bonchev–Trinajstić information content (AvgIpc) is 3.93. The van der Waals surface area contributed by atoms with Crippen molar-refractivity contribution in [3.8, 4) is 0 Å². The average molecular weight is 958 g/mol. The molecule has 2 saturated carbocycles. The van der Waals surface area contributed by atoms with Gasteiger partial charge in [0.2, 0.25) is 0 Å². The number of ether oxygens (including phenoxy) is 7. The van der Waals surface area contributed by atoms with Crippen LogP contribution in [-0.4, -0.2) is 119 Å². The largest absolute Gasteiger partial charge is 1.00 e. The monoisotopic (exact) mass is 958 g/mol. The van der Waals surface area contributed by atoms with Crippen LogP contribution in [0.1, 0.15) is 102 Å². The van der Waals surface area contributed by atoms with E-state index in [1.807, 2.05) is 79.7 Å². The molecule has 2 heterocycles. The number of hydrogen-bond acceptors (Lipinski definition) is 13. The molecular formula is C50H78FN2NaO11S. The molecule has 16 heteroatoms. The minimum Gasteiger partial charge on any atom is -1.00 e. The molecule has 0 bridgehead atoms. The van der Waals surface area contributed by atoms with Crippen LogP contribution in [0.5, 0.6) is 0 Å². The molecule has 0 aromatic heterocycles. The Morgan fingerprint density at radius 2 is 1.12 bits per heavy atom. The van der Waals surface area contributed by atoms with Gasteiger partial charge in [-0.1, -0.05) is 78.4 Å². The molecule has 4 aliphatic rings. The molecule has 7 rings (SSSR count). The van der Waals surface area contributed by atoms with Gasteiger partial charge in [0.1, 0.15) is 24.4 Å². The second-order valence-corrected chi connectivity index (χ2v) is 21.1. The molecule has 2 aliphatic heterocycles. The summed E-state index contributed by atoms with van der Waals surface area (Å²) >= 11 is 0. The van der Waals surface area contributed by atoms with Crippen LogP contribution in [0.15, 0.2) is 89.8 Å². The number of aliphatic hydroxyl groups excluding tert-OH is 1. The maximum absolute atomic E-state index is 11.8. The van der Waals surface area contributed by atoms with Gasteiger partial charge in [0.05, 0.1) is 63.3 Å². The maximum Gasteiger partial charge on any atom is 1.00 e. The summed E-state index contributed by atoms with van der Waals surface area (Å²) in [4.78, 5) is 0.170. The van der Waals surface area contributed by atoms with E-state index in [1.165, 1.54) is 23.3 Å². The zero-order chi connectivity index (χ0) is 48.8. The zero-order valence-corrected chi connectivity index (χ0v) is 44.2. The third-order valence-electron chi connectivity index (χ3n) is 10.8. The molecule has 3 N–H and O–H groups in total. The Balaban J connectivity index is 0.000000342. The zero-order valence-electron chi connectivity index (χ0n) is 43.4. The number of aliphatic hydroxyl groups is 1. The summed E-state index contributed by atoms with van der Waals surface area (Å²) in [5, 5.41) is 17.2. The number of rotatable bonds is 15. The number of nitrogens with one attached hydrogen (secondary N) is 2. The Morgan fingerprint density at radius 1 is 0.697 bits per heavy atom. The molecule has 3 aromatic rings. The first kappa shape index (κ1) is 56.7. The first-order valence-electron chi connectivity index (χ1n) is 23.3. The summed E-state index contributed by atoms with van der Waals surface area (Å²) in [6.07, 6.45) is 0.859. The van der Waals surface area contributed by atoms with Crippen molar-refractivity contribution in [3.05, 3.63) is 102 Å². The molecule has 0 radical (unpaired) electrons. The van der Waals surface area contributed by atoms with Gasteiger partial charge in [-0.15, -0.1) is 0 Å². The van der Waals surface area contributed by atoms with Gasteiger partial charge >= 0.3 is 29.6 Å². The van der Waals surface area contributed by atoms with Crippen LogP contribution in [0.2, 0.25) is 0 Å².